The van der Waals surface area contributed by atoms with Gasteiger partial charge in [0.2, 0.25) is 0 Å². The van der Waals surface area contributed by atoms with Crippen LogP contribution in [0.5, 0.6) is 0 Å². The third kappa shape index (κ3) is 2.52. The summed E-state index contributed by atoms with van der Waals surface area (Å²) in [6.45, 7) is 0. The minimum absolute atomic E-state index is 0.0449. The van der Waals surface area contributed by atoms with E-state index in [-0.39, 0.29) is 16.2 Å². The molecule has 0 amide bonds. The van der Waals surface area contributed by atoms with Gasteiger partial charge >= 0.3 is 0 Å². The van der Waals surface area contributed by atoms with Gasteiger partial charge in [-0.25, -0.2) is 8.42 Å². The first-order valence-electron chi connectivity index (χ1n) is 6.17. The zero-order chi connectivity index (χ0) is 13.2. The van der Waals surface area contributed by atoms with E-state index in [0.717, 1.165) is 12.8 Å². The molecule has 1 aliphatic carbocycles. The molecule has 0 bridgehead atoms. The van der Waals surface area contributed by atoms with E-state index in [1.54, 1.807) is 31.4 Å². The quantitative estimate of drug-likeness (QED) is 0.852. The highest BCUT2D eigenvalue weighted by molar-refractivity contribution is 7.92. The molecule has 1 aliphatic rings. The number of methoxy groups -OCH3 is 1. The molecule has 100 valence electrons. The zero-order valence-corrected chi connectivity index (χ0v) is 11.3. The molecule has 1 fully saturated rings. The van der Waals surface area contributed by atoms with Gasteiger partial charge in [-0.1, -0.05) is 12.1 Å². The second-order valence-corrected chi connectivity index (χ2v) is 6.93. The third-order valence-electron chi connectivity index (χ3n) is 3.58. The van der Waals surface area contributed by atoms with E-state index in [0.29, 0.717) is 18.5 Å². The summed E-state index contributed by atoms with van der Waals surface area (Å²) in [5.41, 5.74) is 6.10. The minimum Gasteiger partial charge on any atom is -0.398 e. The highest BCUT2D eigenvalue weighted by Gasteiger charge is 2.33. The Kier molecular flexibility index (Phi) is 3.92. The summed E-state index contributed by atoms with van der Waals surface area (Å²) in [7, 11) is -1.71. The number of hydrogen-bond acceptors (Lipinski definition) is 4. The summed E-state index contributed by atoms with van der Waals surface area (Å²) in [4.78, 5) is 0.256. The average molecular weight is 269 g/mol. The minimum atomic E-state index is -3.34. The first-order chi connectivity index (χ1) is 8.55. The highest BCUT2D eigenvalue weighted by Crippen LogP contribution is 2.32. The maximum atomic E-state index is 12.5. The van der Waals surface area contributed by atoms with E-state index in [1.165, 1.54) is 0 Å². The van der Waals surface area contributed by atoms with Crippen molar-refractivity contribution in [3.63, 3.8) is 0 Å². The number of sulfone groups is 1. The van der Waals surface area contributed by atoms with Gasteiger partial charge in [0.1, 0.15) is 0 Å². The second-order valence-electron chi connectivity index (χ2n) is 4.73. The maximum Gasteiger partial charge on any atom is 0.183 e. The summed E-state index contributed by atoms with van der Waals surface area (Å²) >= 11 is 0. The predicted octanol–water partition coefficient (Wildman–Crippen LogP) is 2.00. The van der Waals surface area contributed by atoms with Crippen molar-refractivity contribution in [1.29, 1.82) is 0 Å². The van der Waals surface area contributed by atoms with Crippen LogP contribution < -0.4 is 5.73 Å². The fourth-order valence-electron chi connectivity index (χ4n) is 2.52. The number of nitrogen functional groups attached to an aromatic ring is 1. The van der Waals surface area contributed by atoms with E-state index >= 15 is 0 Å². The Morgan fingerprint density at radius 2 is 2.00 bits per heavy atom. The van der Waals surface area contributed by atoms with Crippen molar-refractivity contribution in [2.75, 3.05) is 12.8 Å². The lowest BCUT2D eigenvalue weighted by atomic mass is 9.97. The van der Waals surface area contributed by atoms with Gasteiger partial charge in [-0.2, -0.15) is 0 Å². The van der Waals surface area contributed by atoms with E-state index in [4.69, 9.17) is 10.5 Å². The number of anilines is 1. The van der Waals surface area contributed by atoms with Crippen LogP contribution in [0.4, 0.5) is 5.69 Å². The first kappa shape index (κ1) is 13.4. The van der Waals surface area contributed by atoms with Crippen molar-refractivity contribution in [3.05, 3.63) is 24.3 Å². The van der Waals surface area contributed by atoms with Crippen LogP contribution in [0.1, 0.15) is 25.7 Å². The fourth-order valence-corrected chi connectivity index (χ4v) is 4.49. The molecular formula is C13H19NO3S. The second kappa shape index (κ2) is 5.28. The van der Waals surface area contributed by atoms with Gasteiger partial charge in [0.05, 0.1) is 21.9 Å². The number of nitrogens with two attached hydrogens (primary N) is 1. The molecule has 2 atom stereocenters. The van der Waals surface area contributed by atoms with Gasteiger partial charge in [-0.05, 0) is 37.8 Å². The summed E-state index contributed by atoms with van der Waals surface area (Å²) < 4.78 is 30.4. The van der Waals surface area contributed by atoms with Gasteiger partial charge < -0.3 is 10.5 Å². The normalized spacial score (nSPS) is 24.9. The molecular weight excluding hydrogens is 250 g/mol. The van der Waals surface area contributed by atoms with Crippen molar-refractivity contribution in [2.24, 2.45) is 0 Å². The van der Waals surface area contributed by atoms with Crippen LogP contribution in [0, 0.1) is 0 Å². The molecule has 1 saturated carbocycles. The van der Waals surface area contributed by atoms with Gasteiger partial charge in [0.25, 0.3) is 0 Å². The summed E-state index contributed by atoms with van der Waals surface area (Å²) in [6.07, 6.45) is 3.12. The number of hydrogen-bond donors (Lipinski definition) is 1. The van der Waals surface area contributed by atoms with E-state index in [1.807, 2.05) is 0 Å². The first-order valence-corrected chi connectivity index (χ1v) is 7.71. The molecule has 5 heteroatoms. The van der Waals surface area contributed by atoms with Crippen molar-refractivity contribution in [3.8, 4) is 0 Å². The molecule has 2 unspecified atom stereocenters. The number of benzene rings is 1. The lowest BCUT2D eigenvalue weighted by molar-refractivity contribution is 0.0720. The Balaban J connectivity index is 2.29. The SMILES string of the molecule is COC1CCCC(S(=O)(=O)c2ccccc2N)C1. The molecule has 2 rings (SSSR count). The molecule has 4 nitrogen and oxygen atoms in total. The maximum absolute atomic E-state index is 12.5. The van der Waals surface area contributed by atoms with Gasteiger partial charge in [-0.15, -0.1) is 0 Å². The molecule has 0 aliphatic heterocycles. The molecule has 2 N–H and O–H groups in total. The van der Waals surface area contributed by atoms with Crippen LogP contribution in [0.2, 0.25) is 0 Å². The number of para-hydroxylation sites is 1. The van der Waals surface area contributed by atoms with Gasteiger partial charge in [0, 0.05) is 7.11 Å². The Morgan fingerprint density at radius 3 is 2.67 bits per heavy atom. The van der Waals surface area contributed by atoms with Crippen LogP contribution in [0.3, 0.4) is 0 Å². The molecule has 0 heterocycles. The van der Waals surface area contributed by atoms with Crippen molar-refractivity contribution in [1.82, 2.24) is 0 Å². The van der Waals surface area contributed by atoms with Crippen LogP contribution in [0.15, 0.2) is 29.2 Å². The van der Waals surface area contributed by atoms with E-state index < -0.39 is 9.84 Å². The smallest absolute Gasteiger partial charge is 0.183 e. The van der Waals surface area contributed by atoms with Gasteiger partial charge in [0.15, 0.2) is 9.84 Å². The molecule has 0 saturated heterocycles. The van der Waals surface area contributed by atoms with Crippen LogP contribution in [-0.4, -0.2) is 26.9 Å². The van der Waals surface area contributed by atoms with E-state index in [2.05, 4.69) is 0 Å². The predicted molar refractivity (Wildman–Crippen MR) is 71.1 cm³/mol. The largest absolute Gasteiger partial charge is 0.398 e. The number of rotatable bonds is 3. The Bertz CT molecular complexity index is 513. The highest BCUT2D eigenvalue weighted by atomic mass is 32.2. The van der Waals surface area contributed by atoms with Crippen molar-refractivity contribution in [2.45, 2.75) is 41.9 Å². The van der Waals surface area contributed by atoms with Crippen LogP contribution in [0.25, 0.3) is 0 Å². The van der Waals surface area contributed by atoms with Crippen LogP contribution in [-0.2, 0) is 14.6 Å². The zero-order valence-electron chi connectivity index (χ0n) is 10.5. The Morgan fingerprint density at radius 1 is 1.28 bits per heavy atom. The number of ether oxygens (including phenoxy) is 1. The summed E-state index contributed by atoms with van der Waals surface area (Å²) in [5, 5.41) is -0.374. The Labute approximate surface area is 108 Å². The van der Waals surface area contributed by atoms with E-state index in [9.17, 15) is 8.42 Å². The fraction of sp³-hybridized carbons (Fsp3) is 0.538. The molecule has 0 radical (unpaired) electrons. The monoisotopic (exact) mass is 269 g/mol. The third-order valence-corrected chi connectivity index (χ3v) is 5.87. The molecule has 1 aromatic rings. The summed E-state index contributed by atoms with van der Waals surface area (Å²) in [6, 6.07) is 6.66. The van der Waals surface area contributed by atoms with Crippen molar-refractivity contribution >= 4 is 15.5 Å². The van der Waals surface area contributed by atoms with Gasteiger partial charge in [-0.3, -0.25) is 0 Å². The lowest BCUT2D eigenvalue weighted by Gasteiger charge is -2.28. The Hall–Kier alpha value is -1.07. The molecule has 1 aromatic carbocycles. The van der Waals surface area contributed by atoms with Crippen molar-refractivity contribution < 1.29 is 13.2 Å². The average Bonchev–Trinajstić information content (AvgIpc) is 2.39. The standard InChI is InChI=1S/C13H19NO3S/c1-17-10-5-4-6-11(9-10)18(15,16)13-8-3-2-7-12(13)14/h2-3,7-8,10-11H,4-6,9,14H2,1H3. The summed E-state index contributed by atoms with van der Waals surface area (Å²) in [5.74, 6) is 0. The van der Waals surface area contributed by atoms with Crippen LogP contribution >= 0.6 is 0 Å². The molecule has 0 spiro atoms. The molecule has 0 aromatic heterocycles. The lowest BCUT2D eigenvalue weighted by Crippen LogP contribution is -2.32. The molecule has 18 heavy (non-hydrogen) atoms. The topological polar surface area (TPSA) is 69.4 Å².